The van der Waals surface area contributed by atoms with Crippen LogP contribution in [0.15, 0.2) is 36.8 Å². The molecule has 0 aliphatic rings. The summed E-state index contributed by atoms with van der Waals surface area (Å²) >= 11 is 0. The summed E-state index contributed by atoms with van der Waals surface area (Å²) in [5.41, 5.74) is 2.09. The van der Waals surface area contributed by atoms with Crippen LogP contribution < -0.4 is 4.74 Å². The third kappa shape index (κ3) is 2.40. The van der Waals surface area contributed by atoms with E-state index in [0.717, 1.165) is 11.3 Å². The molecule has 0 aliphatic carbocycles. The van der Waals surface area contributed by atoms with Crippen LogP contribution in [0.4, 0.5) is 0 Å². The van der Waals surface area contributed by atoms with E-state index in [4.69, 9.17) is 10.00 Å². The molecule has 0 N–H and O–H groups in total. The molecule has 4 heteroatoms. The van der Waals surface area contributed by atoms with Crippen molar-refractivity contribution in [2.45, 2.75) is 6.92 Å². The predicted octanol–water partition coefficient (Wildman–Crippen LogP) is 2.41. The van der Waals surface area contributed by atoms with Gasteiger partial charge in [-0.3, -0.25) is 9.97 Å². The molecular formula is C13H11N3O. The third-order valence-corrected chi connectivity index (χ3v) is 2.24. The highest BCUT2D eigenvalue weighted by atomic mass is 16.5. The largest absolute Gasteiger partial charge is 0.491 e. The Balaban J connectivity index is 2.43. The van der Waals surface area contributed by atoms with Gasteiger partial charge in [0.25, 0.3) is 0 Å². The van der Waals surface area contributed by atoms with Crippen LogP contribution in [0, 0.1) is 11.3 Å². The number of pyridine rings is 2. The van der Waals surface area contributed by atoms with E-state index in [2.05, 4.69) is 16.0 Å². The number of aromatic nitrogens is 2. The van der Waals surface area contributed by atoms with Gasteiger partial charge in [0.05, 0.1) is 24.1 Å². The van der Waals surface area contributed by atoms with Gasteiger partial charge in [-0.25, -0.2) is 0 Å². The topological polar surface area (TPSA) is 58.8 Å². The third-order valence-electron chi connectivity index (χ3n) is 2.24. The van der Waals surface area contributed by atoms with Crippen LogP contribution in [0.3, 0.4) is 0 Å². The first-order chi connectivity index (χ1) is 8.35. The summed E-state index contributed by atoms with van der Waals surface area (Å²) in [4.78, 5) is 8.28. The molecule has 2 rings (SSSR count). The lowest BCUT2D eigenvalue weighted by atomic mass is 10.1. The molecule has 0 atom stereocenters. The Labute approximate surface area is 99.5 Å². The monoisotopic (exact) mass is 225 g/mol. The van der Waals surface area contributed by atoms with Gasteiger partial charge in [-0.2, -0.15) is 5.26 Å². The number of hydrogen-bond acceptors (Lipinski definition) is 4. The van der Waals surface area contributed by atoms with Crippen molar-refractivity contribution in [1.29, 1.82) is 5.26 Å². The highest BCUT2D eigenvalue weighted by molar-refractivity contribution is 5.61. The Morgan fingerprint density at radius 3 is 2.94 bits per heavy atom. The number of hydrogen-bond donors (Lipinski definition) is 0. The van der Waals surface area contributed by atoms with Gasteiger partial charge in [-0.15, -0.1) is 0 Å². The highest BCUT2D eigenvalue weighted by Crippen LogP contribution is 2.22. The number of nitriles is 1. The summed E-state index contributed by atoms with van der Waals surface area (Å²) in [7, 11) is 0. The van der Waals surface area contributed by atoms with Gasteiger partial charge in [-0.05, 0) is 25.1 Å². The quantitative estimate of drug-likeness (QED) is 0.804. The molecule has 0 aliphatic heterocycles. The second-order valence-electron chi connectivity index (χ2n) is 3.35. The predicted molar refractivity (Wildman–Crippen MR) is 63.4 cm³/mol. The average Bonchev–Trinajstić information content (AvgIpc) is 2.40. The molecule has 0 bridgehead atoms. The van der Waals surface area contributed by atoms with Crippen molar-refractivity contribution < 1.29 is 4.74 Å². The number of rotatable bonds is 3. The van der Waals surface area contributed by atoms with Crippen molar-refractivity contribution in [3.05, 3.63) is 42.4 Å². The summed E-state index contributed by atoms with van der Waals surface area (Å²) < 4.78 is 5.32. The fraction of sp³-hybridized carbons (Fsp3) is 0.154. The van der Waals surface area contributed by atoms with Gasteiger partial charge in [-0.1, -0.05) is 0 Å². The second-order valence-corrected chi connectivity index (χ2v) is 3.35. The average molecular weight is 225 g/mol. The lowest BCUT2D eigenvalue weighted by Gasteiger charge is -2.06. The van der Waals surface area contributed by atoms with Crippen LogP contribution in [0.2, 0.25) is 0 Å². The zero-order chi connectivity index (χ0) is 12.1. The highest BCUT2D eigenvalue weighted by Gasteiger charge is 2.07. The summed E-state index contributed by atoms with van der Waals surface area (Å²) in [5.74, 6) is 0.516. The van der Waals surface area contributed by atoms with Crippen molar-refractivity contribution in [1.82, 2.24) is 9.97 Å². The normalized spacial score (nSPS) is 9.65. The maximum atomic E-state index is 9.04. The number of nitrogens with zero attached hydrogens (tertiary/aromatic N) is 3. The SMILES string of the molecule is CCOc1cnc(-c2cccnc2)cc1C#N. The van der Waals surface area contributed by atoms with Gasteiger partial charge in [0, 0.05) is 18.0 Å². The van der Waals surface area contributed by atoms with E-state index in [1.165, 1.54) is 0 Å². The molecule has 2 heterocycles. The maximum absolute atomic E-state index is 9.04. The molecule has 0 amide bonds. The van der Waals surface area contributed by atoms with Gasteiger partial charge < -0.3 is 4.74 Å². The van der Waals surface area contributed by atoms with E-state index < -0.39 is 0 Å². The Hall–Kier alpha value is -2.41. The Morgan fingerprint density at radius 2 is 2.29 bits per heavy atom. The van der Waals surface area contributed by atoms with Crippen molar-refractivity contribution in [2.24, 2.45) is 0 Å². The molecule has 17 heavy (non-hydrogen) atoms. The van der Waals surface area contributed by atoms with Crippen LogP contribution in [0.25, 0.3) is 11.3 Å². The minimum Gasteiger partial charge on any atom is -0.491 e. The van der Waals surface area contributed by atoms with Gasteiger partial charge >= 0.3 is 0 Å². The van der Waals surface area contributed by atoms with Crippen molar-refractivity contribution in [2.75, 3.05) is 6.61 Å². The molecule has 2 aromatic rings. The van der Waals surface area contributed by atoms with Crippen molar-refractivity contribution in [3.63, 3.8) is 0 Å². The zero-order valence-corrected chi connectivity index (χ0v) is 9.42. The lowest BCUT2D eigenvalue weighted by molar-refractivity contribution is 0.338. The van der Waals surface area contributed by atoms with Crippen LogP contribution in [0.5, 0.6) is 5.75 Å². The maximum Gasteiger partial charge on any atom is 0.155 e. The molecule has 0 unspecified atom stereocenters. The summed E-state index contributed by atoms with van der Waals surface area (Å²) in [5, 5.41) is 9.04. The molecule has 4 nitrogen and oxygen atoms in total. The molecule has 84 valence electrons. The van der Waals surface area contributed by atoms with Crippen molar-refractivity contribution in [3.8, 4) is 23.1 Å². The molecule has 0 fully saturated rings. The first-order valence-corrected chi connectivity index (χ1v) is 5.28. The summed E-state index contributed by atoms with van der Waals surface area (Å²) in [6, 6.07) is 7.55. The van der Waals surface area contributed by atoms with Gasteiger partial charge in [0.15, 0.2) is 5.75 Å². The Kier molecular flexibility index (Phi) is 3.31. The minimum atomic E-state index is 0.487. The molecule has 0 aromatic carbocycles. The van der Waals surface area contributed by atoms with Gasteiger partial charge in [0.2, 0.25) is 0 Å². The summed E-state index contributed by atoms with van der Waals surface area (Å²) in [6.07, 6.45) is 4.98. The molecule has 0 saturated heterocycles. The smallest absolute Gasteiger partial charge is 0.155 e. The van der Waals surface area contributed by atoms with E-state index >= 15 is 0 Å². The molecule has 0 radical (unpaired) electrons. The van der Waals surface area contributed by atoms with Gasteiger partial charge in [0.1, 0.15) is 6.07 Å². The fourth-order valence-corrected chi connectivity index (χ4v) is 1.47. The molecular weight excluding hydrogens is 214 g/mol. The lowest BCUT2D eigenvalue weighted by Crippen LogP contribution is -1.96. The van der Waals surface area contributed by atoms with E-state index in [0.29, 0.717) is 17.9 Å². The fourth-order valence-electron chi connectivity index (χ4n) is 1.47. The van der Waals surface area contributed by atoms with E-state index in [1.54, 1.807) is 24.7 Å². The molecule has 2 aromatic heterocycles. The van der Waals surface area contributed by atoms with Crippen LogP contribution in [-0.4, -0.2) is 16.6 Å². The van der Waals surface area contributed by atoms with E-state index in [1.807, 2.05) is 19.1 Å². The first-order valence-electron chi connectivity index (χ1n) is 5.28. The van der Waals surface area contributed by atoms with Crippen LogP contribution in [-0.2, 0) is 0 Å². The Bertz CT molecular complexity index is 546. The standard InChI is InChI=1S/C13H11N3O/c1-2-17-13-9-16-12(6-11(13)7-14)10-4-3-5-15-8-10/h3-6,8-9H,2H2,1H3. The molecule has 0 spiro atoms. The van der Waals surface area contributed by atoms with E-state index in [-0.39, 0.29) is 0 Å². The van der Waals surface area contributed by atoms with Crippen molar-refractivity contribution >= 4 is 0 Å². The molecule has 0 saturated carbocycles. The Morgan fingerprint density at radius 1 is 1.41 bits per heavy atom. The second kappa shape index (κ2) is 5.08. The summed E-state index contributed by atoms with van der Waals surface area (Å²) in [6.45, 7) is 2.39. The van der Waals surface area contributed by atoms with E-state index in [9.17, 15) is 0 Å². The zero-order valence-electron chi connectivity index (χ0n) is 9.42. The van der Waals surface area contributed by atoms with Crippen LogP contribution in [0.1, 0.15) is 12.5 Å². The minimum absolute atomic E-state index is 0.487. The number of ether oxygens (including phenoxy) is 1. The first kappa shape index (κ1) is 11.1. The van der Waals surface area contributed by atoms with Crippen LogP contribution >= 0.6 is 0 Å².